The van der Waals surface area contributed by atoms with Crippen molar-refractivity contribution in [3.63, 3.8) is 0 Å². The maximum Gasteiger partial charge on any atom is 0.322 e. The molecule has 3 unspecified atom stereocenters. The lowest BCUT2D eigenvalue weighted by Gasteiger charge is -2.31. The van der Waals surface area contributed by atoms with E-state index in [0.29, 0.717) is 24.4 Å². The highest BCUT2D eigenvalue weighted by Gasteiger charge is 2.39. The van der Waals surface area contributed by atoms with Crippen LogP contribution in [0.15, 0.2) is 35.3 Å². The van der Waals surface area contributed by atoms with Gasteiger partial charge in [0.25, 0.3) is 5.91 Å². The number of para-hydroxylation sites is 1. The summed E-state index contributed by atoms with van der Waals surface area (Å²) in [5.74, 6) is -3.98. The fourth-order valence-corrected chi connectivity index (χ4v) is 3.82. The van der Waals surface area contributed by atoms with E-state index >= 15 is 0 Å². The predicted molar refractivity (Wildman–Crippen MR) is 148 cm³/mol. The molecule has 3 atom stereocenters. The Hall–Kier alpha value is -3.71. The number of hydroxylamine groups is 1. The SMILES string of the molecule is CCCCCNC(CCCN=C(N)N)C(=O)C(C(=O)NC(C(=O)NCC(=O)O)C(C)C)N(O)c1ccccc1. The summed E-state index contributed by atoms with van der Waals surface area (Å²) in [6, 6.07) is 4.42. The second kappa shape index (κ2) is 17.7. The van der Waals surface area contributed by atoms with Crippen LogP contribution in [0, 0.1) is 5.92 Å². The van der Waals surface area contributed by atoms with Crippen LogP contribution in [0.2, 0.25) is 0 Å². The van der Waals surface area contributed by atoms with Crippen molar-refractivity contribution in [2.45, 2.75) is 71.0 Å². The number of nitrogens with two attached hydrogens (primary N) is 2. The molecule has 0 saturated heterocycles. The average molecular weight is 550 g/mol. The fourth-order valence-electron chi connectivity index (χ4n) is 3.82. The van der Waals surface area contributed by atoms with E-state index in [0.717, 1.165) is 19.3 Å². The molecule has 13 nitrogen and oxygen atoms in total. The lowest BCUT2D eigenvalue weighted by Crippen LogP contribution is -2.60. The number of benzene rings is 1. The normalized spacial score (nSPS) is 13.2. The molecule has 0 fully saturated rings. The number of hydrogen-bond donors (Lipinski definition) is 7. The van der Waals surface area contributed by atoms with Crippen molar-refractivity contribution in [1.29, 1.82) is 0 Å². The molecule has 2 amide bonds. The zero-order valence-electron chi connectivity index (χ0n) is 22.9. The number of aliphatic carboxylic acids is 1. The van der Waals surface area contributed by atoms with Gasteiger partial charge in [0.05, 0.1) is 11.7 Å². The number of aliphatic imine (C=N–C) groups is 1. The third-order valence-electron chi connectivity index (χ3n) is 5.90. The van der Waals surface area contributed by atoms with E-state index in [9.17, 15) is 24.4 Å². The van der Waals surface area contributed by atoms with Gasteiger partial charge in [-0.15, -0.1) is 0 Å². The number of carbonyl (C=O) groups is 4. The van der Waals surface area contributed by atoms with Gasteiger partial charge in [-0.2, -0.15) is 0 Å². The molecule has 39 heavy (non-hydrogen) atoms. The highest BCUT2D eigenvalue weighted by Crippen LogP contribution is 2.18. The van der Waals surface area contributed by atoms with Crippen LogP contribution in [-0.4, -0.2) is 77.6 Å². The molecule has 1 aromatic carbocycles. The first-order chi connectivity index (χ1) is 18.5. The van der Waals surface area contributed by atoms with Crippen molar-refractivity contribution in [2.24, 2.45) is 22.4 Å². The molecule has 1 aromatic rings. The highest BCUT2D eigenvalue weighted by atomic mass is 16.5. The molecule has 0 aliphatic carbocycles. The standard InChI is InChI=1S/C26H43N7O6/c1-4-5-9-14-29-19(13-10-15-30-26(27)28)23(36)22(33(39)18-11-7-6-8-12-18)25(38)32-21(17(2)3)24(37)31-16-20(34)35/h6-8,11-12,17,19,21-22,29,39H,4-5,9-10,13-16H2,1-3H3,(H,31,37)(H,32,38)(H,34,35)(H4,27,28,30). The first kappa shape index (κ1) is 33.3. The van der Waals surface area contributed by atoms with Crippen molar-refractivity contribution in [3.8, 4) is 0 Å². The van der Waals surface area contributed by atoms with Crippen LogP contribution in [0.4, 0.5) is 5.69 Å². The zero-order chi connectivity index (χ0) is 29.4. The Morgan fingerprint density at radius 1 is 1.03 bits per heavy atom. The van der Waals surface area contributed by atoms with Crippen LogP contribution in [0.5, 0.6) is 0 Å². The Morgan fingerprint density at radius 3 is 2.26 bits per heavy atom. The van der Waals surface area contributed by atoms with Gasteiger partial charge in [-0.05, 0) is 43.9 Å². The average Bonchev–Trinajstić information content (AvgIpc) is 2.89. The van der Waals surface area contributed by atoms with Crippen LogP contribution in [0.25, 0.3) is 0 Å². The van der Waals surface area contributed by atoms with E-state index in [4.69, 9.17) is 16.6 Å². The molecular formula is C26H43N7O6. The van der Waals surface area contributed by atoms with Gasteiger partial charge in [0.15, 0.2) is 17.8 Å². The second-order valence-electron chi connectivity index (χ2n) is 9.49. The van der Waals surface area contributed by atoms with Gasteiger partial charge in [-0.1, -0.05) is 51.8 Å². The molecule has 0 radical (unpaired) electrons. The topological polar surface area (TPSA) is 212 Å². The summed E-state index contributed by atoms with van der Waals surface area (Å²) in [4.78, 5) is 54.8. The third-order valence-corrected chi connectivity index (χ3v) is 5.90. The van der Waals surface area contributed by atoms with Crippen LogP contribution >= 0.6 is 0 Å². The van der Waals surface area contributed by atoms with Crippen LogP contribution in [0.1, 0.15) is 52.9 Å². The largest absolute Gasteiger partial charge is 0.480 e. The highest BCUT2D eigenvalue weighted by molar-refractivity contribution is 6.10. The molecular weight excluding hydrogens is 506 g/mol. The van der Waals surface area contributed by atoms with Gasteiger partial charge in [0.2, 0.25) is 5.91 Å². The lowest BCUT2D eigenvalue weighted by atomic mass is 9.97. The van der Waals surface area contributed by atoms with Crippen molar-refractivity contribution in [2.75, 3.05) is 24.7 Å². The number of carboxylic acids is 1. The van der Waals surface area contributed by atoms with Gasteiger partial charge >= 0.3 is 5.97 Å². The Kier molecular flexibility index (Phi) is 15.2. The molecule has 0 bridgehead atoms. The number of ketones is 1. The predicted octanol–water partition coefficient (Wildman–Crippen LogP) is 0.364. The number of nitrogens with zero attached hydrogens (tertiary/aromatic N) is 2. The first-order valence-electron chi connectivity index (χ1n) is 13.1. The monoisotopic (exact) mass is 549 g/mol. The molecule has 0 aliphatic rings. The maximum absolute atomic E-state index is 13.8. The van der Waals surface area contributed by atoms with Crippen molar-refractivity contribution in [3.05, 3.63) is 30.3 Å². The molecule has 9 N–H and O–H groups in total. The third kappa shape index (κ3) is 12.1. The lowest BCUT2D eigenvalue weighted by molar-refractivity contribution is -0.139. The number of hydrogen-bond acceptors (Lipinski definition) is 8. The van der Waals surface area contributed by atoms with E-state index in [-0.39, 0.29) is 18.2 Å². The summed E-state index contributed by atoms with van der Waals surface area (Å²) >= 11 is 0. The number of guanidine groups is 1. The van der Waals surface area contributed by atoms with Crippen molar-refractivity contribution >= 4 is 35.2 Å². The summed E-state index contributed by atoms with van der Waals surface area (Å²) in [6.07, 6.45) is 3.47. The van der Waals surface area contributed by atoms with E-state index in [1.165, 1.54) is 12.1 Å². The van der Waals surface area contributed by atoms with E-state index in [1.807, 2.05) is 0 Å². The molecule has 218 valence electrons. The zero-order valence-corrected chi connectivity index (χ0v) is 22.9. The van der Waals surface area contributed by atoms with Gasteiger partial charge in [0, 0.05) is 6.54 Å². The van der Waals surface area contributed by atoms with E-state index < -0.39 is 54.2 Å². The van der Waals surface area contributed by atoms with Crippen LogP contribution in [-0.2, 0) is 19.2 Å². The minimum atomic E-state index is -1.70. The summed E-state index contributed by atoms with van der Waals surface area (Å²) < 4.78 is 0. The Morgan fingerprint density at radius 2 is 1.69 bits per heavy atom. The summed E-state index contributed by atoms with van der Waals surface area (Å²) in [7, 11) is 0. The molecule has 0 aromatic heterocycles. The number of rotatable bonds is 19. The first-order valence-corrected chi connectivity index (χ1v) is 13.1. The number of carboxylic acid groups (broad SMARTS) is 1. The maximum atomic E-state index is 13.8. The van der Waals surface area contributed by atoms with Crippen molar-refractivity contribution in [1.82, 2.24) is 16.0 Å². The fraction of sp³-hybridized carbons (Fsp3) is 0.577. The number of anilines is 1. The smallest absolute Gasteiger partial charge is 0.322 e. The molecule has 0 aliphatic heterocycles. The second-order valence-corrected chi connectivity index (χ2v) is 9.49. The Labute approximate surface area is 229 Å². The molecule has 0 saturated carbocycles. The number of unbranched alkanes of at least 4 members (excludes halogenated alkanes) is 2. The van der Waals surface area contributed by atoms with E-state index in [1.54, 1.807) is 32.0 Å². The number of nitrogens with one attached hydrogen (secondary N) is 3. The van der Waals surface area contributed by atoms with Crippen molar-refractivity contribution < 1.29 is 29.5 Å². The minimum Gasteiger partial charge on any atom is -0.480 e. The van der Waals surface area contributed by atoms with Gasteiger partial charge in [-0.25, -0.2) is 5.06 Å². The summed E-state index contributed by atoms with van der Waals surface area (Å²) in [5.41, 5.74) is 11.0. The Balaban J connectivity index is 3.29. The van der Waals surface area contributed by atoms with E-state index in [2.05, 4.69) is 27.9 Å². The molecule has 1 rings (SSSR count). The number of amides is 2. The van der Waals surface area contributed by atoms with Gasteiger partial charge in [-0.3, -0.25) is 29.4 Å². The molecule has 0 spiro atoms. The number of carbonyl (C=O) groups excluding carboxylic acids is 3. The minimum absolute atomic E-state index is 0.0717. The van der Waals surface area contributed by atoms with Gasteiger partial charge < -0.3 is 32.5 Å². The summed E-state index contributed by atoms with van der Waals surface area (Å²) in [6.45, 7) is 5.55. The summed E-state index contributed by atoms with van der Waals surface area (Å²) in [5, 5.41) is 28.5. The van der Waals surface area contributed by atoms with Gasteiger partial charge in [0.1, 0.15) is 12.6 Å². The molecule has 13 heteroatoms. The molecule has 0 heterocycles. The van der Waals surface area contributed by atoms with Crippen LogP contribution < -0.4 is 32.5 Å². The quantitative estimate of drug-likeness (QED) is 0.0414. The number of Topliss-reactive ketones (excluding diaryl/α,β-unsaturated/α-hetero) is 1. The van der Waals surface area contributed by atoms with Crippen LogP contribution in [0.3, 0.4) is 0 Å². The Bertz CT molecular complexity index is 953.